The van der Waals surface area contributed by atoms with Gasteiger partial charge in [-0.3, -0.25) is 9.10 Å². The van der Waals surface area contributed by atoms with Gasteiger partial charge in [0.2, 0.25) is 10.0 Å². The van der Waals surface area contributed by atoms with Gasteiger partial charge in [0.05, 0.1) is 18.6 Å². The van der Waals surface area contributed by atoms with Gasteiger partial charge in [-0.1, -0.05) is 0 Å². The molecule has 2 N–H and O–H groups in total. The van der Waals surface area contributed by atoms with E-state index < -0.39 is 16.0 Å². The Morgan fingerprint density at radius 3 is 2.95 bits per heavy atom. The summed E-state index contributed by atoms with van der Waals surface area (Å²) in [6, 6.07) is 5.28. The van der Waals surface area contributed by atoms with E-state index in [1.165, 1.54) is 11.4 Å². The van der Waals surface area contributed by atoms with Crippen LogP contribution in [0, 0.1) is 0 Å². The fourth-order valence-corrected chi connectivity index (χ4v) is 4.81. The summed E-state index contributed by atoms with van der Waals surface area (Å²) in [5.41, 5.74) is 6.92. The number of fused-ring (bicyclic) bond motifs is 1. The summed E-state index contributed by atoms with van der Waals surface area (Å²) >= 11 is 1.61. The number of nitrogens with two attached hydrogens (primary N) is 1. The zero-order chi connectivity index (χ0) is 15.5. The number of carbonyl (C=O) groups is 1. The number of sulfonamides is 1. The third kappa shape index (κ3) is 3.82. The van der Waals surface area contributed by atoms with Crippen molar-refractivity contribution < 1.29 is 17.9 Å². The highest BCUT2D eigenvalue weighted by molar-refractivity contribution is 8.00. The first kappa shape index (κ1) is 16.0. The van der Waals surface area contributed by atoms with Crippen LogP contribution in [-0.4, -0.2) is 39.5 Å². The number of hydrogen-bond donors (Lipinski definition) is 1. The molecule has 0 bridgehead atoms. The fraction of sp³-hybridized carbons (Fsp3) is 0.462. The van der Waals surface area contributed by atoms with Gasteiger partial charge in [0, 0.05) is 29.3 Å². The van der Waals surface area contributed by atoms with Crippen molar-refractivity contribution in [1.82, 2.24) is 0 Å². The summed E-state index contributed by atoms with van der Waals surface area (Å²) in [6.07, 6.45) is 0.346. The van der Waals surface area contributed by atoms with Crippen molar-refractivity contribution >= 4 is 39.1 Å². The second-order valence-electron chi connectivity index (χ2n) is 4.64. The maximum absolute atomic E-state index is 12.5. The molecule has 0 fully saturated rings. The summed E-state index contributed by atoms with van der Waals surface area (Å²) in [5.74, 6) is 0.220. The predicted molar refractivity (Wildman–Crippen MR) is 84.0 cm³/mol. The molecule has 1 aliphatic rings. The molecule has 21 heavy (non-hydrogen) atoms. The molecule has 0 spiro atoms. The number of nitrogen functional groups attached to an aromatic ring is 1. The topological polar surface area (TPSA) is 89.7 Å². The Labute approximate surface area is 128 Å². The number of hydrogen-bond acceptors (Lipinski definition) is 6. The molecular weight excluding hydrogens is 312 g/mol. The van der Waals surface area contributed by atoms with E-state index in [9.17, 15) is 13.2 Å². The lowest BCUT2D eigenvalue weighted by Crippen LogP contribution is -2.37. The van der Waals surface area contributed by atoms with Crippen molar-refractivity contribution in [1.29, 1.82) is 0 Å². The summed E-state index contributed by atoms with van der Waals surface area (Å²) < 4.78 is 30.8. The van der Waals surface area contributed by atoms with E-state index in [4.69, 9.17) is 5.73 Å². The van der Waals surface area contributed by atoms with Gasteiger partial charge >= 0.3 is 5.97 Å². The Balaban J connectivity index is 2.14. The smallest absolute Gasteiger partial charge is 0.305 e. The average Bonchev–Trinajstić information content (AvgIpc) is 2.46. The van der Waals surface area contributed by atoms with E-state index in [-0.39, 0.29) is 18.6 Å². The second-order valence-corrected chi connectivity index (χ2v) is 7.79. The first-order chi connectivity index (χ1) is 9.94. The molecule has 1 aromatic carbocycles. The Kier molecular flexibility index (Phi) is 5.00. The second kappa shape index (κ2) is 6.57. The summed E-state index contributed by atoms with van der Waals surface area (Å²) in [6.45, 7) is 0.418. The number of rotatable bonds is 5. The Morgan fingerprint density at radius 1 is 1.48 bits per heavy atom. The molecule has 1 aliphatic heterocycles. The zero-order valence-corrected chi connectivity index (χ0v) is 13.4. The molecule has 116 valence electrons. The van der Waals surface area contributed by atoms with Gasteiger partial charge in [-0.25, -0.2) is 8.42 Å². The van der Waals surface area contributed by atoms with Gasteiger partial charge in [0.25, 0.3) is 0 Å². The minimum Gasteiger partial charge on any atom is -0.469 e. The lowest BCUT2D eigenvalue weighted by molar-refractivity contribution is -0.140. The van der Waals surface area contributed by atoms with E-state index in [2.05, 4.69) is 4.74 Å². The molecule has 0 saturated heterocycles. The summed E-state index contributed by atoms with van der Waals surface area (Å²) in [5, 5.41) is 0. The van der Waals surface area contributed by atoms with Crippen molar-refractivity contribution in [2.45, 2.75) is 17.7 Å². The van der Waals surface area contributed by atoms with E-state index in [1.54, 1.807) is 23.9 Å². The Bertz CT molecular complexity index is 631. The van der Waals surface area contributed by atoms with Gasteiger partial charge < -0.3 is 10.5 Å². The minimum absolute atomic E-state index is 0.0823. The zero-order valence-electron chi connectivity index (χ0n) is 11.7. The molecule has 0 aliphatic carbocycles. The van der Waals surface area contributed by atoms with Crippen LogP contribution in [0.4, 0.5) is 11.4 Å². The summed E-state index contributed by atoms with van der Waals surface area (Å²) in [7, 11) is -2.17. The number of nitrogens with zero attached hydrogens (tertiary/aromatic N) is 1. The monoisotopic (exact) mass is 330 g/mol. The molecule has 0 atom stereocenters. The first-order valence-corrected chi connectivity index (χ1v) is 9.13. The van der Waals surface area contributed by atoms with E-state index >= 15 is 0 Å². The van der Waals surface area contributed by atoms with Crippen LogP contribution in [-0.2, 0) is 19.6 Å². The van der Waals surface area contributed by atoms with Crippen molar-refractivity contribution in [3.05, 3.63) is 18.2 Å². The largest absolute Gasteiger partial charge is 0.469 e. The standard InChI is InChI=1S/C13H18N2O4S2/c1-19-13(16)3-2-8-21(17,18)15-6-7-20-12-5-4-10(14)9-11(12)15/h4-5,9H,2-3,6-8,14H2,1H3. The number of anilines is 2. The Hall–Kier alpha value is -1.41. The SMILES string of the molecule is COC(=O)CCCS(=O)(=O)N1CCSc2ccc(N)cc21. The van der Waals surface area contributed by atoms with Crippen molar-refractivity contribution in [3.8, 4) is 0 Å². The van der Waals surface area contributed by atoms with Crippen molar-refractivity contribution in [3.63, 3.8) is 0 Å². The number of benzene rings is 1. The van der Waals surface area contributed by atoms with Crippen LogP contribution in [0.2, 0.25) is 0 Å². The first-order valence-electron chi connectivity index (χ1n) is 6.53. The molecule has 6 nitrogen and oxygen atoms in total. The normalized spacial score (nSPS) is 14.6. The van der Waals surface area contributed by atoms with Gasteiger partial charge in [-0.2, -0.15) is 0 Å². The molecular formula is C13H18N2O4S2. The predicted octanol–water partition coefficient (Wildman–Crippen LogP) is 1.46. The van der Waals surface area contributed by atoms with Crippen LogP contribution in [0.5, 0.6) is 0 Å². The molecule has 0 unspecified atom stereocenters. The third-order valence-electron chi connectivity index (χ3n) is 3.15. The third-order valence-corrected chi connectivity index (χ3v) is 6.05. The van der Waals surface area contributed by atoms with Crippen LogP contribution in [0.25, 0.3) is 0 Å². The van der Waals surface area contributed by atoms with Crippen molar-refractivity contribution in [2.75, 3.05) is 35.2 Å². The minimum atomic E-state index is -3.46. The van der Waals surface area contributed by atoms with E-state index in [1.807, 2.05) is 6.07 Å². The number of methoxy groups -OCH3 is 1. The lowest BCUT2D eigenvalue weighted by atomic mass is 10.3. The number of esters is 1. The van der Waals surface area contributed by atoms with Crippen LogP contribution in [0.1, 0.15) is 12.8 Å². The molecule has 0 saturated carbocycles. The van der Waals surface area contributed by atoms with Crippen LogP contribution in [0.15, 0.2) is 23.1 Å². The molecule has 2 rings (SSSR count). The van der Waals surface area contributed by atoms with Gasteiger partial charge in [0.1, 0.15) is 0 Å². The Morgan fingerprint density at radius 2 is 2.24 bits per heavy atom. The highest BCUT2D eigenvalue weighted by Gasteiger charge is 2.27. The lowest BCUT2D eigenvalue weighted by Gasteiger charge is -2.30. The molecule has 1 aromatic rings. The van der Waals surface area contributed by atoms with Crippen LogP contribution < -0.4 is 10.0 Å². The molecule has 0 radical (unpaired) electrons. The number of carbonyl (C=O) groups excluding carboxylic acids is 1. The average molecular weight is 330 g/mol. The highest BCUT2D eigenvalue weighted by Crippen LogP contribution is 2.37. The molecule has 1 heterocycles. The molecule has 0 aromatic heterocycles. The number of thioether (sulfide) groups is 1. The van der Waals surface area contributed by atoms with Gasteiger partial charge in [0.15, 0.2) is 0 Å². The maximum Gasteiger partial charge on any atom is 0.305 e. The summed E-state index contributed by atoms with van der Waals surface area (Å²) in [4.78, 5) is 12.0. The van der Waals surface area contributed by atoms with E-state index in [0.29, 0.717) is 23.7 Å². The number of ether oxygens (including phenoxy) is 1. The van der Waals surface area contributed by atoms with Crippen LogP contribution >= 0.6 is 11.8 Å². The molecule has 8 heteroatoms. The highest BCUT2D eigenvalue weighted by atomic mass is 32.2. The van der Waals surface area contributed by atoms with Crippen molar-refractivity contribution in [2.24, 2.45) is 0 Å². The quantitative estimate of drug-likeness (QED) is 0.649. The maximum atomic E-state index is 12.5. The van der Waals surface area contributed by atoms with Crippen LogP contribution in [0.3, 0.4) is 0 Å². The van der Waals surface area contributed by atoms with Gasteiger partial charge in [-0.15, -0.1) is 11.8 Å². The van der Waals surface area contributed by atoms with E-state index in [0.717, 1.165) is 4.90 Å². The fourth-order valence-electron chi connectivity index (χ4n) is 2.11. The van der Waals surface area contributed by atoms with Gasteiger partial charge in [-0.05, 0) is 24.6 Å². The molecule has 0 amide bonds.